The molecule has 0 saturated carbocycles. The van der Waals surface area contributed by atoms with Crippen LogP contribution in [0.4, 0.5) is 14.9 Å². The first kappa shape index (κ1) is 24.0. The molecule has 1 aliphatic heterocycles. The molecule has 0 aliphatic carbocycles. The third kappa shape index (κ3) is 6.68. The maximum Gasteiger partial charge on any atom is 0.321 e. The average Bonchev–Trinajstić information content (AvgIpc) is 2.80. The fourth-order valence-corrected chi connectivity index (χ4v) is 3.81. The summed E-state index contributed by atoms with van der Waals surface area (Å²) in [5.41, 5.74) is 0.945. The minimum atomic E-state index is -0.883. The predicted molar refractivity (Wildman–Crippen MR) is 122 cm³/mol. The highest BCUT2D eigenvalue weighted by molar-refractivity contribution is 5.91. The van der Waals surface area contributed by atoms with Gasteiger partial charge in [0.05, 0.1) is 12.8 Å². The highest BCUT2D eigenvalue weighted by atomic mass is 19.1. The molecule has 2 aromatic rings. The molecule has 2 aromatic carbocycles. The molecule has 0 bridgehead atoms. The van der Waals surface area contributed by atoms with E-state index < -0.39 is 11.9 Å². The Labute approximate surface area is 192 Å². The van der Waals surface area contributed by atoms with Crippen LogP contribution in [0.25, 0.3) is 0 Å². The Morgan fingerprint density at radius 1 is 1.09 bits per heavy atom. The summed E-state index contributed by atoms with van der Waals surface area (Å²) in [6, 6.07) is 12.1. The maximum atomic E-state index is 14.0. The average molecular weight is 457 g/mol. The Bertz CT molecular complexity index is 992. The van der Waals surface area contributed by atoms with E-state index in [1.807, 2.05) is 12.1 Å². The van der Waals surface area contributed by atoms with Crippen LogP contribution in [-0.4, -0.2) is 55.0 Å². The van der Waals surface area contributed by atoms with Gasteiger partial charge >= 0.3 is 6.03 Å². The minimum Gasteiger partial charge on any atom is -0.495 e. The van der Waals surface area contributed by atoms with Crippen molar-refractivity contribution < 1.29 is 23.5 Å². The molecule has 3 N–H and O–H groups in total. The van der Waals surface area contributed by atoms with Crippen LogP contribution < -0.4 is 20.7 Å². The molecule has 0 aromatic heterocycles. The second-order valence-corrected chi connectivity index (χ2v) is 7.95. The molecule has 1 aliphatic rings. The van der Waals surface area contributed by atoms with E-state index in [2.05, 4.69) is 16.0 Å². The first-order valence-electron chi connectivity index (χ1n) is 10.9. The predicted octanol–water partition coefficient (Wildman–Crippen LogP) is 2.69. The number of piperidine rings is 1. The maximum absolute atomic E-state index is 14.0. The lowest BCUT2D eigenvalue weighted by Crippen LogP contribution is -2.53. The molecular formula is C24H29FN4O4. The number of amides is 4. The highest BCUT2D eigenvalue weighted by Crippen LogP contribution is 2.24. The molecule has 0 radical (unpaired) electrons. The Balaban J connectivity index is 1.54. The van der Waals surface area contributed by atoms with Gasteiger partial charge in [0.15, 0.2) is 0 Å². The number of methoxy groups -OCH3 is 1. The van der Waals surface area contributed by atoms with E-state index in [0.717, 1.165) is 0 Å². The van der Waals surface area contributed by atoms with Crippen molar-refractivity contribution in [1.82, 2.24) is 15.5 Å². The van der Waals surface area contributed by atoms with Crippen LogP contribution in [-0.2, 0) is 16.0 Å². The van der Waals surface area contributed by atoms with E-state index in [0.29, 0.717) is 42.9 Å². The van der Waals surface area contributed by atoms with Crippen molar-refractivity contribution in [3.05, 3.63) is 59.9 Å². The van der Waals surface area contributed by atoms with Gasteiger partial charge in [0.25, 0.3) is 0 Å². The fourth-order valence-electron chi connectivity index (χ4n) is 3.81. The number of halogens is 1. The molecule has 176 valence electrons. The van der Waals surface area contributed by atoms with Gasteiger partial charge in [-0.25, -0.2) is 9.18 Å². The number of rotatable bonds is 7. The number of likely N-dealkylation sites (tertiary alicyclic amines) is 1. The van der Waals surface area contributed by atoms with E-state index in [-0.39, 0.29) is 30.3 Å². The largest absolute Gasteiger partial charge is 0.495 e. The minimum absolute atomic E-state index is 0.0538. The highest BCUT2D eigenvalue weighted by Gasteiger charge is 2.28. The quantitative estimate of drug-likeness (QED) is 0.597. The molecule has 8 nitrogen and oxygen atoms in total. The molecule has 0 unspecified atom stereocenters. The van der Waals surface area contributed by atoms with E-state index >= 15 is 0 Å². The zero-order valence-corrected chi connectivity index (χ0v) is 18.8. The molecule has 9 heteroatoms. The van der Waals surface area contributed by atoms with Crippen LogP contribution in [0.5, 0.6) is 5.75 Å². The topological polar surface area (TPSA) is 99.8 Å². The van der Waals surface area contributed by atoms with Gasteiger partial charge < -0.3 is 25.6 Å². The number of nitrogens with zero attached hydrogens (tertiary/aromatic N) is 1. The number of urea groups is 1. The Morgan fingerprint density at radius 3 is 2.42 bits per heavy atom. The van der Waals surface area contributed by atoms with Crippen molar-refractivity contribution in [2.45, 2.75) is 38.3 Å². The number of hydrogen-bond acceptors (Lipinski definition) is 4. The third-order valence-corrected chi connectivity index (χ3v) is 5.55. The molecule has 33 heavy (non-hydrogen) atoms. The number of carbonyl (C=O) groups is 3. The normalized spacial score (nSPS) is 14.8. The van der Waals surface area contributed by atoms with Crippen molar-refractivity contribution in [2.75, 3.05) is 25.5 Å². The molecule has 1 heterocycles. The SMILES string of the molecule is COc1ccccc1NC(=O)N1CCC(NC(=O)[C@H](Cc2ccccc2F)NC(C)=O)CC1. The molecular weight excluding hydrogens is 427 g/mol. The first-order chi connectivity index (χ1) is 15.9. The van der Waals surface area contributed by atoms with Gasteiger partial charge in [-0.3, -0.25) is 9.59 Å². The molecule has 4 amide bonds. The van der Waals surface area contributed by atoms with Crippen molar-refractivity contribution in [2.24, 2.45) is 0 Å². The second-order valence-electron chi connectivity index (χ2n) is 7.95. The lowest BCUT2D eigenvalue weighted by atomic mass is 10.0. The van der Waals surface area contributed by atoms with Crippen LogP contribution in [0.15, 0.2) is 48.5 Å². The number of carbonyl (C=O) groups excluding carboxylic acids is 3. The molecule has 1 atom stereocenters. The summed E-state index contributed by atoms with van der Waals surface area (Å²) >= 11 is 0. The summed E-state index contributed by atoms with van der Waals surface area (Å²) in [4.78, 5) is 38.7. The summed E-state index contributed by atoms with van der Waals surface area (Å²) in [5.74, 6) is -0.582. The molecule has 1 saturated heterocycles. The standard InChI is InChI=1S/C24H29FN4O4/c1-16(30)26-21(15-17-7-3-4-8-19(17)25)23(31)27-18-11-13-29(14-12-18)24(32)28-20-9-5-6-10-22(20)33-2/h3-10,18,21H,11-15H2,1-2H3,(H,26,30)(H,27,31)(H,28,32)/t21-/m0/s1. The Morgan fingerprint density at radius 2 is 1.76 bits per heavy atom. The number of para-hydroxylation sites is 2. The Kier molecular flexibility index (Phi) is 8.23. The van der Waals surface area contributed by atoms with Gasteiger partial charge in [0.1, 0.15) is 17.6 Å². The third-order valence-electron chi connectivity index (χ3n) is 5.55. The van der Waals surface area contributed by atoms with Gasteiger partial charge in [0, 0.05) is 32.5 Å². The summed E-state index contributed by atoms with van der Waals surface area (Å²) < 4.78 is 19.3. The number of benzene rings is 2. The van der Waals surface area contributed by atoms with Crippen molar-refractivity contribution in [3.63, 3.8) is 0 Å². The van der Waals surface area contributed by atoms with Crippen molar-refractivity contribution in [3.8, 4) is 5.75 Å². The summed E-state index contributed by atoms with van der Waals surface area (Å²) in [6.45, 7) is 2.24. The van der Waals surface area contributed by atoms with Gasteiger partial charge in [-0.1, -0.05) is 30.3 Å². The lowest BCUT2D eigenvalue weighted by Gasteiger charge is -2.33. The summed E-state index contributed by atoms with van der Waals surface area (Å²) in [6.07, 6.45) is 1.19. The molecule has 0 spiro atoms. The van der Waals surface area contributed by atoms with Gasteiger partial charge in [-0.2, -0.15) is 0 Å². The first-order valence-corrected chi connectivity index (χ1v) is 10.9. The van der Waals surface area contributed by atoms with Crippen LogP contribution in [0, 0.1) is 5.82 Å². The van der Waals surface area contributed by atoms with Gasteiger partial charge in [0.2, 0.25) is 11.8 Å². The van der Waals surface area contributed by atoms with Crippen LogP contribution >= 0.6 is 0 Å². The molecule has 1 fully saturated rings. The number of ether oxygens (including phenoxy) is 1. The molecule has 3 rings (SSSR count). The summed E-state index contributed by atoms with van der Waals surface area (Å²) in [5, 5.41) is 8.39. The monoisotopic (exact) mass is 456 g/mol. The fraction of sp³-hybridized carbons (Fsp3) is 0.375. The number of nitrogens with one attached hydrogen (secondary N) is 3. The van der Waals surface area contributed by atoms with E-state index in [9.17, 15) is 18.8 Å². The second kappa shape index (κ2) is 11.3. The van der Waals surface area contributed by atoms with E-state index in [1.54, 1.807) is 42.3 Å². The Hall–Kier alpha value is -3.62. The van der Waals surface area contributed by atoms with E-state index in [1.165, 1.54) is 13.0 Å². The number of anilines is 1. The zero-order valence-electron chi connectivity index (χ0n) is 18.8. The van der Waals surface area contributed by atoms with Crippen LogP contribution in [0.2, 0.25) is 0 Å². The van der Waals surface area contributed by atoms with Crippen LogP contribution in [0.1, 0.15) is 25.3 Å². The van der Waals surface area contributed by atoms with E-state index in [4.69, 9.17) is 4.74 Å². The van der Waals surface area contributed by atoms with Crippen LogP contribution in [0.3, 0.4) is 0 Å². The van der Waals surface area contributed by atoms with Crippen molar-refractivity contribution in [1.29, 1.82) is 0 Å². The van der Waals surface area contributed by atoms with Gasteiger partial charge in [-0.15, -0.1) is 0 Å². The lowest BCUT2D eigenvalue weighted by molar-refractivity contribution is -0.128. The zero-order chi connectivity index (χ0) is 23.8. The number of hydrogen-bond donors (Lipinski definition) is 3. The van der Waals surface area contributed by atoms with Gasteiger partial charge in [-0.05, 0) is 36.6 Å². The van der Waals surface area contributed by atoms with Crippen molar-refractivity contribution >= 4 is 23.5 Å². The summed E-state index contributed by atoms with van der Waals surface area (Å²) in [7, 11) is 1.54. The smallest absolute Gasteiger partial charge is 0.321 e.